The minimum atomic E-state index is -4.46. The van der Waals surface area contributed by atoms with Gasteiger partial charge in [0.2, 0.25) is 5.91 Å². The van der Waals surface area contributed by atoms with Crippen molar-refractivity contribution >= 4 is 28.2 Å². The van der Waals surface area contributed by atoms with Crippen molar-refractivity contribution in [2.45, 2.75) is 18.5 Å². The van der Waals surface area contributed by atoms with Crippen LogP contribution in [-0.2, 0) is 11.0 Å². The molecule has 1 unspecified atom stereocenters. The van der Waals surface area contributed by atoms with Gasteiger partial charge in [0.25, 0.3) is 0 Å². The van der Waals surface area contributed by atoms with Gasteiger partial charge in [-0.2, -0.15) is 13.2 Å². The van der Waals surface area contributed by atoms with Crippen molar-refractivity contribution in [3.8, 4) is 0 Å². The Hall–Kier alpha value is -2.09. The third-order valence-corrected chi connectivity index (χ3v) is 4.66. The summed E-state index contributed by atoms with van der Waals surface area (Å²) in [5.41, 5.74) is -0.600. The van der Waals surface area contributed by atoms with Crippen LogP contribution in [0.25, 0.3) is 0 Å². The highest BCUT2D eigenvalue weighted by atomic mass is 32.1. The maximum atomic E-state index is 13.2. The first-order chi connectivity index (χ1) is 10.4. The summed E-state index contributed by atoms with van der Waals surface area (Å²) in [5.74, 6) is -0.629. The number of thiazole rings is 1. The number of hydrogen-bond donors (Lipinski definition) is 2. The summed E-state index contributed by atoms with van der Waals surface area (Å²) in [7, 11) is 1.67. The lowest BCUT2D eigenvalue weighted by molar-refractivity contribution is -0.138. The lowest BCUT2D eigenvalue weighted by Gasteiger charge is -2.24. The normalized spacial score (nSPS) is 17.8. The van der Waals surface area contributed by atoms with Gasteiger partial charge in [0.1, 0.15) is 5.82 Å². The van der Waals surface area contributed by atoms with Crippen LogP contribution in [0.5, 0.6) is 0 Å². The summed E-state index contributed by atoms with van der Waals surface area (Å²) in [6.07, 6.45) is -4.48. The maximum absolute atomic E-state index is 13.2. The Morgan fingerprint density at radius 1 is 1.36 bits per heavy atom. The third kappa shape index (κ3) is 2.54. The molecule has 1 amide bonds. The number of benzene rings is 1. The standard InChI is InChI=1S/C14H12F3N3OS/c1-18-13-20-12-11(22-13)8(6-10(21)19-12)7-4-2-3-5-9(7)14(15,16)17/h2-5,8H,6H2,1H3,(H,18,20)(H,19,21). The molecule has 2 heterocycles. The molecule has 1 aliphatic heterocycles. The van der Waals surface area contributed by atoms with E-state index in [-0.39, 0.29) is 17.9 Å². The molecule has 1 atom stereocenters. The van der Waals surface area contributed by atoms with Gasteiger partial charge >= 0.3 is 6.18 Å². The smallest absolute Gasteiger partial charge is 0.365 e. The molecule has 2 aromatic rings. The number of carbonyl (C=O) groups excluding carboxylic acids is 1. The molecule has 0 bridgehead atoms. The molecule has 22 heavy (non-hydrogen) atoms. The molecule has 3 rings (SSSR count). The highest BCUT2D eigenvalue weighted by Crippen LogP contribution is 2.45. The first kappa shape index (κ1) is 14.8. The molecule has 0 fully saturated rings. The van der Waals surface area contributed by atoms with Gasteiger partial charge in [-0.05, 0) is 11.6 Å². The van der Waals surface area contributed by atoms with Gasteiger partial charge in [-0.3, -0.25) is 4.79 Å². The Labute approximate surface area is 128 Å². The van der Waals surface area contributed by atoms with E-state index in [9.17, 15) is 18.0 Å². The van der Waals surface area contributed by atoms with Crippen LogP contribution in [0.15, 0.2) is 24.3 Å². The van der Waals surface area contributed by atoms with Gasteiger partial charge < -0.3 is 10.6 Å². The molecular weight excluding hydrogens is 315 g/mol. The summed E-state index contributed by atoms with van der Waals surface area (Å²) in [6.45, 7) is 0. The number of anilines is 2. The minimum Gasteiger partial charge on any atom is -0.365 e. The zero-order chi connectivity index (χ0) is 15.9. The Bertz CT molecular complexity index is 726. The molecule has 0 saturated carbocycles. The second kappa shape index (κ2) is 5.28. The van der Waals surface area contributed by atoms with E-state index in [1.165, 1.54) is 23.5 Å². The Morgan fingerprint density at radius 2 is 2.09 bits per heavy atom. The predicted octanol–water partition coefficient (Wildman–Crippen LogP) is 3.68. The summed E-state index contributed by atoms with van der Waals surface area (Å²) in [4.78, 5) is 16.6. The largest absolute Gasteiger partial charge is 0.416 e. The van der Waals surface area contributed by atoms with Crippen molar-refractivity contribution in [3.63, 3.8) is 0 Å². The van der Waals surface area contributed by atoms with E-state index in [4.69, 9.17) is 0 Å². The number of aromatic nitrogens is 1. The van der Waals surface area contributed by atoms with Crippen LogP contribution in [0, 0.1) is 0 Å². The first-order valence-electron chi connectivity index (χ1n) is 6.54. The number of halogens is 3. The SMILES string of the molecule is CNc1nc2c(s1)C(c1ccccc1C(F)(F)F)CC(=O)N2. The van der Waals surface area contributed by atoms with E-state index in [0.29, 0.717) is 15.8 Å². The van der Waals surface area contributed by atoms with Gasteiger partial charge in [0, 0.05) is 19.4 Å². The number of nitrogens with zero attached hydrogens (tertiary/aromatic N) is 1. The summed E-state index contributed by atoms with van der Waals surface area (Å²) in [6, 6.07) is 5.37. The second-order valence-electron chi connectivity index (χ2n) is 4.87. The second-order valence-corrected chi connectivity index (χ2v) is 5.90. The number of fused-ring (bicyclic) bond motifs is 1. The molecule has 8 heteroatoms. The predicted molar refractivity (Wildman–Crippen MR) is 78.2 cm³/mol. The molecule has 2 N–H and O–H groups in total. The van der Waals surface area contributed by atoms with Crippen LogP contribution in [0.3, 0.4) is 0 Å². The molecule has 1 aromatic carbocycles. The fraction of sp³-hybridized carbons (Fsp3) is 0.286. The number of hydrogen-bond acceptors (Lipinski definition) is 4. The van der Waals surface area contributed by atoms with Crippen molar-refractivity contribution < 1.29 is 18.0 Å². The Balaban J connectivity index is 2.14. The van der Waals surface area contributed by atoms with Crippen molar-refractivity contribution in [3.05, 3.63) is 40.3 Å². The topological polar surface area (TPSA) is 54.0 Å². The summed E-state index contributed by atoms with van der Waals surface area (Å²) in [5, 5.41) is 6.02. The van der Waals surface area contributed by atoms with Gasteiger partial charge in [0.15, 0.2) is 5.13 Å². The summed E-state index contributed by atoms with van der Waals surface area (Å²) >= 11 is 1.26. The molecule has 0 saturated heterocycles. The monoisotopic (exact) mass is 327 g/mol. The maximum Gasteiger partial charge on any atom is 0.416 e. The number of alkyl halides is 3. The van der Waals surface area contributed by atoms with E-state index >= 15 is 0 Å². The number of carbonyl (C=O) groups is 1. The molecule has 1 aliphatic rings. The average molecular weight is 327 g/mol. The Kier molecular flexibility index (Phi) is 3.56. The number of amides is 1. The van der Waals surface area contributed by atoms with Crippen LogP contribution in [0.1, 0.15) is 28.3 Å². The van der Waals surface area contributed by atoms with Crippen LogP contribution < -0.4 is 10.6 Å². The quantitative estimate of drug-likeness (QED) is 0.885. The zero-order valence-corrected chi connectivity index (χ0v) is 12.3. The Morgan fingerprint density at radius 3 is 2.77 bits per heavy atom. The first-order valence-corrected chi connectivity index (χ1v) is 7.36. The molecule has 116 valence electrons. The van der Waals surface area contributed by atoms with Gasteiger partial charge in [-0.15, -0.1) is 0 Å². The zero-order valence-electron chi connectivity index (χ0n) is 11.5. The van der Waals surface area contributed by atoms with E-state index in [2.05, 4.69) is 15.6 Å². The van der Waals surface area contributed by atoms with Crippen molar-refractivity contribution in [2.24, 2.45) is 0 Å². The fourth-order valence-corrected chi connectivity index (χ4v) is 3.53. The number of rotatable bonds is 2. The van der Waals surface area contributed by atoms with Gasteiger partial charge in [-0.25, -0.2) is 4.98 Å². The highest BCUT2D eigenvalue weighted by Gasteiger charge is 2.38. The average Bonchev–Trinajstić information content (AvgIpc) is 2.88. The molecule has 0 aliphatic carbocycles. The minimum absolute atomic E-state index is 0.0224. The van der Waals surface area contributed by atoms with E-state index in [0.717, 1.165) is 6.07 Å². The fourth-order valence-electron chi connectivity index (χ4n) is 2.54. The molecule has 0 spiro atoms. The summed E-state index contributed by atoms with van der Waals surface area (Å²) < 4.78 is 39.7. The van der Waals surface area contributed by atoms with E-state index in [1.807, 2.05) is 0 Å². The van der Waals surface area contributed by atoms with E-state index in [1.54, 1.807) is 13.1 Å². The highest BCUT2D eigenvalue weighted by molar-refractivity contribution is 7.16. The molecular formula is C14H12F3N3OS. The lowest BCUT2D eigenvalue weighted by atomic mass is 9.88. The van der Waals surface area contributed by atoms with Crippen molar-refractivity contribution in [2.75, 3.05) is 17.7 Å². The number of nitrogens with one attached hydrogen (secondary N) is 2. The molecule has 1 aromatic heterocycles. The van der Waals surface area contributed by atoms with Crippen LogP contribution >= 0.6 is 11.3 Å². The van der Waals surface area contributed by atoms with Gasteiger partial charge in [-0.1, -0.05) is 29.5 Å². The van der Waals surface area contributed by atoms with E-state index < -0.39 is 17.7 Å². The van der Waals surface area contributed by atoms with Crippen LogP contribution in [0.4, 0.5) is 24.1 Å². The lowest BCUT2D eigenvalue weighted by Crippen LogP contribution is -2.24. The van der Waals surface area contributed by atoms with Crippen LogP contribution in [-0.4, -0.2) is 17.9 Å². The van der Waals surface area contributed by atoms with Gasteiger partial charge in [0.05, 0.1) is 10.4 Å². The van der Waals surface area contributed by atoms with Crippen LogP contribution in [0.2, 0.25) is 0 Å². The van der Waals surface area contributed by atoms with Crippen molar-refractivity contribution in [1.29, 1.82) is 0 Å². The third-order valence-electron chi connectivity index (χ3n) is 3.47. The van der Waals surface area contributed by atoms with Crippen molar-refractivity contribution in [1.82, 2.24) is 4.98 Å². The molecule has 4 nitrogen and oxygen atoms in total. The molecule has 0 radical (unpaired) electrons.